The minimum absolute atomic E-state index is 0.0869. The summed E-state index contributed by atoms with van der Waals surface area (Å²) < 4.78 is 85.2. The number of carbonyl (C=O) groups excluding carboxylic acids is 1. The number of nitrogens with zero attached hydrogens (tertiary/aromatic N) is 3. The third kappa shape index (κ3) is 8.52. The van der Waals surface area contributed by atoms with E-state index in [0.717, 1.165) is 18.2 Å². The van der Waals surface area contributed by atoms with Crippen molar-refractivity contribution in [2.45, 2.75) is 25.7 Å². The van der Waals surface area contributed by atoms with Crippen LogP contribution in [0.4, 0.5) is 43.9 Å². The van der Waals surface area contributed by atoms with Crippen molar-refractivity contribution >= 4 is 23.6 Å². The lowest BCUT2D eigenvalue weighted by atomic mass is 10.2. The smallest absolute Gasteiger partial charge is 0.422 e. The van der Waals surface area contributed by atoms with Crippen molar-refractivity contribution in [1.82, 2.24) is 15.0 Å². The second-order valence-corrected chi connectivity index (χ2v) is 5.95. The molecule has 14 heteroatoms. The van der Waals surface area contributed by atoms with Gasteiger partial charge in [0.05, 0.1) is 12.2 Å². The van der Waals surface area contributed by atoms with Gasteiger partial charge in [-0.1, -0.05) is 13.0 Å². The molecule has 31 heavy (non-hydrogen) atoms. The first-order valence-corrected chi connectivity index (χ1v) is 8.75. The van der Waals surface area contributed by atoms with Crippen LogP contribution in [0.1, 0.15) is 18.9 Å². The molecule has 2 N–H and O–H groups in total. The van der Waals surface area contributed by atoms with Gasteiger partial charge in [0.15, 0.2) is 6.61 Å². The van der Waals surface area contributed by atoms with Gasteiger partial charge in [-0.05, 0) is 24.6 Å². The van der Waals surface area contributed by atoms with Crippen LogP contribution < -0.4 is 15.4 Å². The van der Waals surface area contributed by atoms with Crippen LogP contribution in [-0.4, -0.2) is 46.9 Å². The largest absolute Gasteiger partial charge is 0.464 e. The fraction of sp³-hybridized carbons (Fsp3) is 0.412. The summed E-state index contributed by atoms with van der Waals surface area (Å²) in [4.78, 5) is 22.6. The third-order valence-electron chi connectivity index (χ3n) is 3.28. The highest BCUT2D eigenvalue weighted by atomic mass is 19.4. The maximum absolute atomic E-state index is 12.9. The number of aromatic nitrogens is 3. The van der Waals surface area contributed by atoms with E-state index in [1.54, 1.807) is 6.92 Å². The van der Waals surface area contributed by atoms with Crippen molar-refractivity contribution < 1.29 is 40.6 Å². The number of halogens is 6. The molecule has 0 aliphatic carbocycles. The van der Waals surface area contributed by atoms with E-state index in [4.69, 9.17) is 4.74 Å². The van der Waals surface area contributed by atoms with Gasteiger partial charge in [-0.25, -0.2) is 0 Å². The molecule has 0 saturated carbocycles. The van der Waals surface area contributed by atoms with Gasteiger partial charge in [0.25, 0.3) is 0 Å². The Morgan fingerprint density at radius 2 is 1.77 bits per heavy atom. The van der Waals surface area contributed by atoms with Crippen LogP contribution in [0.25, 0.3) is 0 Å². The van der Waals surface area contributed by atoms with Gasteiger partial charge >= 0.3 is 24.3 Å². The molecule has 0 amide bonds. The van der Waals surface area contributed by atoms with Crippen molar-refractivity contribution in [3.63, 3.8) is 0 Å². The molecule has 0 spiro atoms. The number of hydrogen-bond donors (Lipinski definition) is 2. The Bertz CT molecular complexity index is 891. The van der Waals surface area contributed by atoms with Gasteiger partial charge in [0, 0.05) is 5.69 Å². The van der Waals surface area contributed by atoms with E-state index < -0.39 is 49.0 Å². The summed E-state index contributed by atoms with van der Waals surface area (Å²) in [6, 6.07) is 3.23. The summed E-state index contributed by atoms with van der Waals surface area (Å²) in [7, 11) is 0. The van der Waals surface area contributed by atoms with Crippen LogP contribution >= 0.6 is 0 Å². The molecule has 1 aromatic carbocycles. The van der Waals surface area contributed by atoms with Crippen molar-refractivity contribution in [2.24, 2.45) is 0 Å². The molecule has 0 atom stereocenters. The lowest BCUT2D eigenvalue weighted by Gasteiger charge is -2.13. The number of hydrogen-bond acceptors (Lipinski definition) is 8. The van der Waals surface area contributed by atoms with Crippen LogP contribution in [0.3, 0.4) is 0 Å². The molecular formula is C17H17F6N5O3. The molecule has 0 saturated heterocycles. The Hall–Kier alpha value is -3.32. The molecule has 1 heterocycles. The highest BCUT2D eigenvalue weighted by molar-refractivity contribution is 5.74. The second kappa shape index (κ2) is 10.1. The molecule has 0 bridgehead atoms. The highest BCUT2D eigenvalue weighted by Crippen LogP contribution is 2.31. The van der Waals surface area contributed by atoms with Crippen molar-refractivity contribution in [1.29, 1.82) is 0 Å². The van der Waals surface area contributed by atoms with Crippen molar-refractivity contribution in [3.05, 3.63) is 29.8 Å². The number of nitrogens with one attached hydrogen (secondary N) is 2. The predicted molar refractivity (Wildman–Crippen MR) is 95.8 cm³/mol. The number of alkyl halides is 6. The SMILES string of the molecule is CCCOC(=O)CNc1nc(Nc2cccc(C(F)(F)F)c2)nc(OCC(F)(F)F)n1. The fourth-order valence-corrected chi connectivity index (χ4v) is 2.02. The van der Waals surface area contributed by atoms with Crippen LogP contribution in [-0.2, 0) is 15.7 Å². The molecule has 170 valence electrons. The highest BCUT2D eigenvalue weighted by Gasteiger charge is 2.31. The van der Waals surface area contributed by atoms with Gasteiger partial charge in [0.2, 0.25) is 11.9 Å². The number of ether oxygens (including phenoxy) is 2. The van der Waals surface area contributed by atoms with Crippen LogP contribution in [0.15, 0.2) is 24.3 Å². The summed E-state index contributed by atoms with van der Waals surface area (Å²) in [5, 5.41) is 4.87. The van der Waals surface area contributed by atoms with Gasteiger partial charge < -0.3 is 20.1 Å². The van der Waals surface area contributed by atoms with E-state index in [2.05, 4.69) is 30.3 Å². The quantitative estimate of drug-likeness (QED) is 0.435. The Kier molecular flexibility index (Phi) is 7.83. The lowest BCUT2D eigenvalue weighted by Crippen LogP contribution is -2.22. The van der Waals surface area contributed by atoms with Gasteiger partial charge in [-0.3, -0.25) is 4.79 Å². The average Bonchev–Trinajstić information content (AvgIpc) is 2.68. The van der Waals surface area contributed by atoms with Crippen LogP contribution in [0.2, 0.25) is 0 Å². The van der Waals surface area contributed by atoms with E-state index in [9.17, 15) is 31.1 Å². The van der Waals surface area contributed by atoms with E-state index in [0.29, 0.717) is 6.42 Å². The summed E-state index contributed by atoms with van der Waals surface area (Å²) in [6.07, 6.45) is -8.71. The summed E-state index contributed by atoms with van der Waals surface area (Å²) in [5.74, 6) is -1.43. The Morgan fingerprint density at radius 1 is 1.06 bits per heavy atom. The van der Waals surface area contributed by atoms with Gasteiger partial charge in [0.1, 0.15) is 6.54 Å². The average molecular weight is 453 g/mol. The number of benzene rings is 1. The summed E-state index contributed by atoms with van der Waals surface area (Å²) in [6.45, 7) is -0.174. The molecule has 0 radical (unpaired) electrons. The number of rotatable bonds is 9. The van der Waals surface area contributed by atoms with Crippen molar-refractivity contribution in [2.75, 3.05) is 30.4 Å². The van der Waals surface area contributed by atoms with Crippen molar-refractivity contribution in [3.8, 4) is 6.01 Å². The topological polar surface area (TPSA) is 98.3 Å². The molecule has 0 fully saturated rings. The summed E-state index contributed by atoms with van der Waals surface area (Å²) in [5.41, 5.74) is -1.05. The third-order valence-corrected chi connectivity index (χ3v) is 3.28. The minimum Gasteiger partial charge on any atom is -0.464 e. The monoisotopic (exact) mass is 453 g/mol. The van der Waals surface area contributed by atoms with E-state index in [1.165, 1.54) is 6.07 Å². The number of anilines is 3. The molecule has 0 aliphatic heterocycles. The lowest BCUT2D eigenvalue weighted by molar-refractivity contribution is -0.154. The Labute approximate surface area is 172 Å². The van der Waals surface area contributed by atoms with E-state index >= 15 is 0 Å². The molecule has 0 aliphatic rings. The molecule has 0 unspecified atom stereocenters. The zero-order valence-corrected chi connectivity index (χ0v) is 16.0. The zero-order chi connectivity index (χ0) is 23.1. The maximum Gasteiger partial charge on any atom is 0.422 e. The van der Waals surface area contributed by atoms with E-state index in [-0.39, 0.29) is 18.2 Å². The maximum atomic E-state index is 12.9. The fourth-order valence-electron chi connectivity index (χ4n) is 2.02. The van der Waals surface area contributed by atoms with Gasteiger partial charge in [-0.15, -0.1) is 0 Å². The molecular weight excluding hydrogens is 436 g/mol. The molecule has 1 aromatic heterocycles. The minimum atomic E-state index is -4.68. The second-order valence-electron chi connectivity index (χ2n) is 5.95. The van der Waals surface area contributed by atoms with Crippen LogP contribution in [0, 0.1) is 0 Å². The summed E-state index contributed by atoms with van der Waals surface area (Å²) >= 11 is 0. The number of carbonyl (C=O) groups is 1. The zero-order valence-electron chi connectivity index (χ0n) is 16.0. The first-order chi connectivity index (χ1) is 14.5. The molecule has 8 nitrogen and oxygen atoms in total. The standard InChI is InChI=1S/C17H17F6N5O3/c1-2-6-30-12(29)8-24-13-26-14(28-15(27-13)31-9-16(18,19)20)25-11-5-3-4-10(7-11)17(21,22)23/h3-5,7H,2,6,8-9H2,1H3,(H2,24,25,26,27,28). The van der Waals surface area contributed by atoms with E-state index in [1.807, 2.05) is 0 Å². The first kappa shape index (κ1) is 24.0. The Balaban J connectivity index is 2.23. The Morgan fingerprint density at radius 3 is 2.42 bits per heavy atom. The first-order valence-electron chi connectivity index (χ1n) is 8.75. The molecule has 2 rings (SSSR count). The predicted octanol–water partition coefficient (Wildman–Crippen LogP) is 3.94. The van der Waals surface area contributed by atoms with Gasteiger partial charge in [-0.2, -0.15) is 41.3 Å². The van der Waals surface area contributed by atoms with Crippen LogP contribution in [0.5, 0.6) is 6.01 Å². The number of esters is 1. The normalized spacial score (nSPS) is 11.7. The molecule has 2 aromatic rings.